The first kappa shape index (κ1) is 15.9. The number of rotatable bonds is 6. The van der Waals surface area contributed by atoms with Gasteiger partial charge in [0.2, 0.25) is 0 Å². The molecule has 0 spiro atoms. The molecule has 0 unspecified atom stereocenters. The molecule has 0 aromatic carbocycles. The van der Waals surface area contributed by atoms with E-state index in [4.69, 9.17) is 15.0 Å². The molecule has 1 rings (SSSR count). The Balaban J connectivity index is 2.79. The molecule has 1 heterocycles. The Hall–Kier alpha value is -1.11. The Morgan fingerprint density at radius 1 is 1.37 bits per heavy atom. The molecular formula is C12H21N3O4. The first-order valence-corrected chi connectivity index (χ1v) is 6.14. The van der Waals surface area contributed by atoms with Crippen LogP contribution >= 0.6 is 0 Å². The van der Waals surface area contributed by atoms with Crippen LogP contribution in [0.1, 0.15) is 27.2 Å². The maximum atomic E-state index is 10.1. The van der Waals surface area contributed by atoms with Crippen molar-refractivity contribution in [2.45, 2.75) is 57.4 Å². The summed E-state index contributed by atoms with van der Waals surface area (Å²) in [5.41, 5.74) is 9.08. The van der Waals surface area contributed by atoms with Crippen LogP contribution in [0.5, 0.6) is 0 Å². The van der Waals surface area contributed by atoms with Crippen molar-refractivity contribution in [3.05, 3.63) is 22.6 Å². The van der Waals surface area contributed by atoms with Gasteiger partial charge >= 0.3 is 0 Å². The van der Waals surface area contributed by atoms with Crippen LogP contribution in [-0.2, 0) is 9.47 Å². The Morgan fingerprint density at radius 2 is 1.89 bits per heavy atom. The van der Waals surface area contributed by atoms with Crippen LogP contribution in [0, 0.1) is 0 Å². The van der Waals surface area contributed by atoms with Crippen LogP contribution in [0.3, 0.4) is 0 Å². The van der Waals surface area contributed by atoms with E-state index in [0.29, 0.717) is 6.42 Å². The topological polar surface area (TPSA) is 108 Å². The van der Waals surface area contributed by atoms with Gasteiger partial charge in [-0.15, -0.1) is 6.58 Å². The molecule has 1 fully saturated rings. The highest BCUT2D eigenvalue weighted by Crippen LogP contribution is 2.33. The summed E-state index contributed by atoms with van der Waals surface area (Å²) in [6, 6.07) is 0. The van der Waals surface area contributed by atoms with Crippen molar-refractivity contribution in [3.63, 3.8) is 0 Å². The standard InChI is InChI=1S/C12H21N3O4/c1-7(2)5-8(16)10-11(9(17)6-14-15-13)19-12(3,4)18-10/h8-11,16-17H,1,5-6H2,2-4H3/t8-,9+,10+,11+/m0/s1. The molecule has 0 radical (unpaired) electrons. The molecule has 0 amide bonds. The van der Waals surface area contributed by atoms with Gasteiger partial charge in [0.1, 0.15) is 12.2 Å². The van der Waals surface area contributed by atoms with Crippen molar-refractivity contribution >= 4 is 0 Å². The van der Waals surface area contributed by atoms with E-state index in [-0.39, 0.29) is 6.54 Å². The SMILES string of the molecule is C=C(C)C[C@H](O)[C@H]1OC(C)(C)O[C@@H]1[C@H](O)CN=[N+]=[N-]. The fourth-order valence-corrected chi connectivity index (χ4v) is 2.11. The molecule has 0 aliphatic carbocycles. The van der Waals surface area contributed by atoms with E-state index in [0.717, 1.165) is 5.57 Å². The lowest BCUT2D eigenvalue weighted by atomic mass is 9.99. The van der Waals surface area contributed by atoms with Gasteiger partial charge < -0.3 is 19.7 Å². The molecule has 0 aromatic rings. The minimum absolute atomic E-state index is 0.128. The summed E-state index contributed by atoms with van der Waals surface area (Å²) < 4.78 is 11.2. The third-order valence-electron chi connectivity index (χ3n) is 2.81. The lowest BCUT2D eigenvalue weighted by molar-refractivity contribution is -0.160. The quantitative estimate of drug-likeness (QED) is 0.330. The summed E-state index contributed by atoms with van der Waals surface area (Å²) in [5, 5.41) is 23.4. The average molecular weight is 271 g/mol. The van der Waals surface area contributed by atoms with Crippen molar-refractivity contribution in [1.29, 1.82) is 0 Å². The molecule has 4 atom stereocenters. The first-order chi connectivity index (χ1) is 8.76. The molecule has 7 nitrogen and oxygen atoms in total. The summed E-state index contributed by atoms with van der Waals surface area (Å²) in [5.74, 6) is -0.900. The van der Waals surface area contributed by atoms with E-state index < -0.39 is 30.2 Å². The van der Waals surface area contributed by atoms with Crippen LogP contribution in [0.4, 0.5) is 0 Å². The minimum Gasteiger partial charge on any atom is -0.390 e. The zero-order valence-electron chi connectivity index (χ0n) is 11.5. The van der Waals surface area contributed by atoms with E-state index in [2.05, 4.69) is 16.6 Å². The number of aliphatic hydroxyl groups excluding tert-OH is 2. The number of ether oxygens (including phenoxy) is 2. The molecular weight excluding hydrogens is 250 g/mol. The molecule has 108 valence electrons. The highest BCUT2D eigenvalue weighted by molar-refractivity contribution is 4.98. The average Bonchev–Trinajstić information content (AvgIpc) is 2.61. The van der Waals surface area contributed by atoms with Crippen molar-refractivity contribution in [2.75, 3.05) is 6.54 Å². The number of azide groups is 1. The van der Waals surface area contributed by atoms with Gasteiger partial charge in [-0.25, -0.2) is 0 Å². The molecule has 1 saturated heterocycles. The number of hydrogen-bond donors (Lipinski definition) is 2. The van der Waals surface area contributed by atoms with Crippen LogP contribution in [0.25, 0.3) is 10.4 Å². The van der Waals surface area contributed by atoms with Crippen LogP contribution in [-0.4, -0.2) is 47.0 Å². The Bertz CT molecular complexity index is 359. The zero-order valence-corrected chi connectivity index (χ0v) is 11.5. The van der Waals surface area contributed by atoms with Gasteiger partial charge in [0, 0.05) is 4.91 Å². The second kappa shape index (κ2) is 6.36. The number of hydrogen-bond acceptors (Lipinski definition) is 5. The molecule has 7 heteroatoms. The Kier molecular flexibility index (Phi) is 5.34. The minimum atomic E-state index is -1.03. The van der Waals surface area contributed by atoms with E-state index in [1.807, 2.05) is 0 Å². The third kappa shape index (κ3) is 4.49. The van der Waals surface area contributed by atoms with Gasteiger partial charge in [-0.05, 0) is 32.7 Å². The summed E-state index contributed by atoms with van der Waals surface area (Å²) in [7, 11) is 0. The largest absolute Gasteiger partial charge is 0.390 e. The predicted octanol–water partition coefficient (Wildman–Crippen LogP) is 1.50. The van der Waals surface area contributed by atoms with Gasteiger partial charge in [-0.2, -0.15) is 0 Å². The molecule has 1 aliphatic heterocycles. The fourth-order valence-electron chi connectivity index (χ4n) is 2.11. The fraction of sp³-hybridized carbons (Fsp3) is 0.833. The van der Waals surface area contributed by atoms with Crippen molar-refractivity contribution in [2.24, 2.45) is 5.11 Å². The molecule has 0 saturated carbocycles. The van der Waals surface area contributed by atoms with Gasteiger partial charge in [0.15, 0.2) is 5.79 Å². The second-order valence-corrected chi connectivity index (χ2v) is 5.27. The lowest BCUT2D eigenvalue weighted by Gasteiger charge is -2.25. The monoisotopic (exact) mass is 271 g/mol. The number of nitrogens with zero attached hydrogens (tertiary/aromatic N) is 3. The van der Waals surface area contributed by atoms with E-state index in [1.165, 1.54) is 0 Å². The van der Waals surface area contributed by atoms with Gasteiger partial charge in [0.05, 0.1) is 18.8 Å². The summed E-state index contributed by atoms with van der Waals surface area (Å²) in [4.78, 5) is 2.59. The van der Waals surface area contributed by atoms with Crippen LogP contribution in [0.15, 0.2) is 17.3 Å². The predicted molar refractivity (Wildman–Crippen MR) is 69.3 cm³/mol. The molecule has 0 aromatic heterocycles. The highest BCUT2D eigenvalue weighted by Gasteiger charge is 2.47. The van der Waals surface area contributed by atoms with Crippen molar-refractivity contribution < 1.29 is 19.7 Å². The summed E-state index contributed by atoms with van der Waals surface area (Å²) in [6.45, 7) is 8.81. The molecule has 0 bridgehead atoms. The molecule has 2 N–H and O–H groups in total. The second-order valence-electron chi connectivity index (χ2n) is 5.27. The smallest absolute Gasteiger partial charge is 0.164 e. The first-order valence-electron chi connectivity index (χ1n) is 6.14. The normalized spacial score (nSPS) is 28.5. The van der Waals surface area contributed by atoms with Crippen molar-refractivity contribution in [3.8, 4) is 0 Å². The lowest BCUT2D eigenvalue weighted by Crippen LogP contribution is -2.43. The van der Waals surface area contributed by atoms with Crippen LogP contribution in [0.2, 0.25) is 0 Å². The zero-order chi connectivity index (χ0) is 14.6. The summed E-state index contributed by atoms with van der Waals surface area (Å²) >= 11 is 0. The van der Waals surface area contributed by atoms with E-state index in [9.17, 15) is 10.2 Å². The highest BCUT2D eigenvalue weighted by atomic mass is 16.8. The van der Waals surface area contributed by atoms with E-state index >= 15 is 0 Å². The Morgan fingerprint density at radius 3 is 2.37 bits per heavy atom. The third-order valence-corrected chi connectivity index (χ3v) is 2.81. The molecule has 1 aliphatic rings. The van der Waals surface area contributed by atoms with Gasteiger partial charge in [-0.1, -0.05) is 10.7 Å². The Labute approximate surface area is 112 Å². The van der Waals surface area contributed by atoms with Gasteiger partial charge in [-0.3, -0.25) is 0 Å². The maximum Gasteiger partial charge on any atom is 0.164 e. The van der Waals surface area contributed by atoms with Gasteiger partial charge in [0.25, 0.3) is 0 Å². The van der Waals surface area contributed by atoms with Crippen molar-refractivity contribution in [1.82, 2.24) is 0 Å². The van der Waals surface area contributed by atoms with Crippen LogP contribution < -0.4 is 0 Å². The number of aliphatic hydroxyl groups is 2. The van der Waals surface area contributed by atoms with E-state index in [1.54, 1.807) is 20.8 Å². The summed E-state index contributed by atoms with van der Waals surface area (Å²) in [6.07, 6.45) is -2.92. The molecule has 19 heavy (non-hydrogen) atoms. The maximum absolute atomic E-state index is 10.1.